The Kier molecular flexibility index (Phi) is 3.70. The zero-order valence-electron chi connectivity index (χ0n) is 10.6. The highest BCUT2D eigenvalue weighted by molar-refractivity contribution is 5.10. The van der Waals surface area contributed by atoms with Crippen LogP contribution >= 0.6 is 0 Å². The number of hydrogen-bond donors (Lipinski definition) is 1. The van der Waals surface area contributed by atoms with Gasteiger partial charge in [0, 0.05) is 17.6 Å². The maximum atomic E-state index is 5.13. The van der Waals surface area contributed by atoms with Crippen LogP contribution in [-0.4, -0.2) is 6.04 Å². The summed E-state index contributed by atoms with van der Waals surface area (Å²) in [6, 6.07) is 3.11. The second-order valence-electron chi connectivity index (χ2n) is 5.32. The van der Waals surface area contributed by atoms with E-state index in [1.54, 1.807) is 6.26 Å². The molecule has 90 valence electrons. The van der Waals surface area contributed by atoms with Gasteiger partial charge in [0.05, 0.1) is 12.5 Å². The van der Waals surface area contributed by atoms with Crippen molar-refractivity contribution in [1.29, 1.82) is 0 Å². The molecule has 0 bridgehead atoms. The van der Waals surface area contributed by atoms with E-state index < -0.39 is 0 Å². The van der Waals surface area contributed by atoms with Crippen LogP contribution in [0.4, 0.5) is 0 Å². The molecule has 1 aromatic rings. The summed E-state index contributed by atoms with van der Waals surface area (Å²) < 4.78 is 5.13. The van der Waals surface area contributed by atoms with Crippen molar-refractivity contribution in [1.82, 2.24) is 5.32 Å². The Bertz CT molecular complexity index is 307. The molecule has 0 saturated heterocycles. The van der Waals surface area contributed by atoms with E-state index in [-0.39, 0.29) is 0 Å². The van der Waals surface area contributed by atoms with Gasteiger partial charge >= 0.3 is 0 Å². The van der Waals surface area contributed by atoms with Crippen LogP contribution in [0, 0.1) is 11.8 Å². The maximum absolute atomic E-state index is 5.13. The van der Waals surface area contributed by atoms with Crippen LogP contribution in [0.25, 0.3) is 0 Å². The molecule has 0 radical (unpaired) electrons. The summed E-state index contributed by atoms with van der Waals surface area (Å²) in [6.07, 6.45) is 7.66. The van der Waals surface area contributed by atoms with E-state index in [1.807, 2.05) is 6.26 Å². The first-order valence-corrected chi connectivity index (χ1v) is 6.46. The molecule has 16 heavy (non-hydrogen) atoms. The Labute approximate surface area is 98.4 Å². The molecular formula is C14H23NO. The zero-order valence-corrected chi connectivity index (χ0v) is 10.6. The first-order valence-electron chi connectivity index (χ1n) is 6.46. The van der Waals surface area contributed by atoms with Gasteiger partial charge in [-0.15, -0.1) is 0 Å². The van der Waals surface area contributed by atoms with Gasteiger partial charge in [0.15, 0.2) is 0 Å². The summed E-state index contributed by atoms with van der Waals surface area (Å²) in [6.45, 7) is 6.97. The molecule has 2 heteroatoms. The van der Waals surface area contributed by atoms with E-state index >= 15 is 0 Å². The second-order valence-corrected chi connectivity index (χ2v) is 5.32. The summed E-state index contributed by atoms with van der Waals surface area (Å²) in [4.78, 5) is 0. The predicted octanol–water partition coefficient (Wildman–Crippen LogP) is 3.75. The molecule has 0 aromatic carbocycles. The molecule has 0 amide bonds. The first kappa shape index (κ1) is 11.7. The Morgan fingerprint density at radius 2 is 2.19 bits per heavy atom. The van der Waals surface area contributed by atoms with Crippen LogP contribution in [0.1, 0.15) is 51.6 Å². The van der Waals surface area contributed by atoms with Gasteiger partial charge in [0.25, 0.3) is 0 Å². The molecule has 1 heterocycles. The third-order valence-electron chi connectivity index (χ3n) is 4.21. The van der Waals surface area contributed by atoms with Crippen LogP contribution in [0.5, 0.6) is 0 Å². The lowest BCUT2D eigenvalue weighted by Crippen LogP contribution is -2.41. The van der Waals surface area contributed by atoms with Crippen molar-refractivity contribution in [2.24, 2.45) is 11.8 Å². The van der Waals surface area contributed by atoms with Crippen molar-refractivity contribution < 1.29 is 4.42 Å². The Morgan fingerprint density at radius 3 is 2.88 bits per heavy atom. The quantitative estimate of drug-likeness (QED) is 0.840. The van der Waals surface area contributed by atoms with Gasteiger partial charge in [-0.05, 0) is 31.2 Å². The largest absolute Gasteiger partial charge is 0.472 e. The highest BCUT2D eigenvalue weighted by Gasteiger charge is 2.27. The van der Waals surface area contributed by atoms with Gasteiger partial charge in [-0.3, -0.25) is 0 Å². The fourth-order valence-corrected chi connectivity index (χ4v) is 2.76. The molecule has 4 atom stereocenters. The normalized spacial score (nSPS) is 32.6. The SMILES string of the molecule is CC(NC1CCCC(C)C1C)c1ccoc1. The summed E-state index contributed by atoms with van der Waals surface area (Å²) in [7, 11) is 0. The molecule has 0 aliphatic heterocycles. The molecule has 2 rings (SSSR count). The van der Waals surface area contributed by atoms with Crippen LogP contribution in [-0.2, 0) is 0 Å². The smallest absolute Gasteiger partial charge is 0.0950 e. The summed E-state index contributed by atoms with van der Waals surface area (Å²) in [5.74, 6) is 1.63. The molecule has 2 nitrogen and oxygen atoms in total. The van der Waals surface area contributed by atoms with Crippen LogP contribution in [0.2, 0.25) is 0 Å². The van der Waals surface area contributed by atoms with E-state index in [9.17, 15) is 0 Å². The fourth-order valence-electron chi connectivity index (χ4n) is 2.76. The number of hydrogen-bond acceptors (Lipinski definition) is 2. The molecule has 1 N–H and O–H groups in total. The lowest BCUT2D eigenvalue weighted by Gasteiger charge is -2.36. The molecule has 0 spiro atoms. The minimum absolute atomic E-state index is 0.400. The minimum atomic E-state index is 0.400. The Hall–Kier alpha value is -0.760. The number of furan rings is 1. The van der Waals surface area contributed by atoms with Crippen molar-refractivity contribution in [3.63, 3.8) is 0 Å². The Balaban J connectivity index is 1.93. The van der Waals surface area contributed by atoms with Crippen molar-refractivity contribution in [2.75, 3.05) is 0 Å². The van der Waals surface area contributed by atoms with E-state index in [4.69, 9.17) is 4.42 Å². The van der Waals surface area contributed by atoms with E-state index in [2.05, 4.69) is 32.2 Å². The zero-order chi connectivity index (χ0) is 11.5. The van der Waals surface area contributed by atoms with Crippen molar-refractivity contribution >= 4 is 0 Å². The first-order chi connectivity index (χ1) is 7.68. The average molecular weight is 221 g/mol. The monoisotopic (exact) mass is 221 g/mol. The van der Waals surface area contributed by atoms with Crippen LogP contribution < -0.4 is 5.32 Å². The van der Waals surface area contributed by atoms with Crippen molar-refractivity contribution in [3.05, 3.63) is 24.2 Å². The summed E-state index contributed by atoms with van der Waals surface area (Å²) in [5, 5.41) is 3.74. The molecule has 4 unspecified atom stereocenters. The van der Waals surface area contributed by atoms with E-state index in [0.717, 1.165) is 11.8 Å². The van der Waals surface area contributed by atoms with Crippen LogP contribution in [0.15, 0.2) is 23.0 Å². The predicted molar refractivity (Wildman–Crippen MR) is 66.2 cm³/mol. The topological polar surface area (TPSA) is 25.2 Å². The highest BCUT2D eigenvalue weighted by Crippen LogP contribution is 2.31. The van der Waals surface area contributed by atoms with Gasteiger partial charge in [0.1, 0.15) is 0 Å². The van der Waals surface area contributed by atoms with Gasteiger partial charge in [-0.2, -0.15) is 0 Å². The Morgan fingerprint density at radius 1 is 1.38 bits per heavy atom. The third kappa shape index (κ3) is 2.49. The van der Waals surface area contributed by atoms with Crippen LogP contribution in [0.3, 0.4) is 0 Å². The number of nitrogens with one attached hydrogen (secondary N) is 1. The summed E-state index contributed by atoms with van der Waals surface area (Å²) >= 11 is 0. The van der Waals surface area contributed by atoms with Gasteiger partial charge < -0.3 is 9.73 Å². The maximum Gasteiger partial charge on any atom is 0.0950 e. The average Bonchev–Trinajstić information content (AvgIpc) is 2.78. The molecule has 1 aliphatic rings. The summed E-state index contributed by atoms with van der Waals surface area (Å²) in [5.41, 5.74) is 1.26. The lowest BCUT2D eigenvalue weighted by molar-refractivity contribution is 0.196. The minimum Gasteiger partial charge on any atom is -0.472 e. The number of rotatable bonds is 3. The van der Waals surface area contributed by atoms with Crippen molar-refractivity contribution in [2.45, 2.75) is 52.1 Å². The van der Waals surface area contributed by atoms with Crippen molar-refractivity contribution in [3.8, 4) is 0 Å². The van der Waals surface area contributed by atoms with E-state index in [1.165, 1.54) is 24.8 Å². The second kappa shape index (κ2) is 5.05. The highest BCUT2D eigenvalue weighted by atomic mass is 16.3. The lowest BCUT2D eigenvalue weighted by atomic mass is 9.77. The van der Waals surface area contributed by atoms with Gasteiger partial charge in [-0.1, -0.05) is 26.7 Å². The molecule has 1 fully saturated rings. The molecular weight excluding hydrogens is 198 g/mol. The van der Waals surface area contributed by atoms with Gasteiger partial charge in [-0.25, -0.2) is 0 Å². The molecule has 1 saturated carbocycles. The fraction of sp³-hybridized carbons (Fsp3) is 0.714. The van der Waals surface area contributed by atoms with Gasteiger partial charge in [0.2, 0.25) is 0 Å². The standard InChI is InChI=1S/C14H23NO/c1-10-5-4-6-14(11(10)2)15-12(3)13-7-8-16-9-13/h7-12,14-15H,4-6H2,1-3H3. The van der Waals surface area contributed by atoms with E-state index in [0.29, 0.717) is 12.1 Å². The third-order valence-corrected chi connectivity index (χ3v) is 4.21. The molecule has 1 aliphatic carbocycles. The molecule has 1 aromatic heterocycles.